The second kappa shape index (κ2) is 10.0. The zero-order chi connectivity index (χ0) is 22.7. The number of rotatable bonds is 6. The lowest BCUT2D eigenvalue weighted by atomic mass is 10.1. The number of imide groups is 1. The Morgan fingerprint density at radius 1 is 0.875 bits per heavy atom. The molecule has 8 heteroatoms. The van der Waals surface area contributed by atoms with Gasteiger partial charge in [-0.1, -0.05) is 77.3 Å². The summed E-state index contributed by atoms with van der Waals surface area (Å²) in [6.07, 6.45) is 1.67. The normalized spacial score (nSPS) is 15.0. The molecule has 0 saturated carbocycles. The molecule has 4 nitrogen and oxygen atoms in total. The van der Waals surface area contributed by atoms with Crippen LogP contribution >= 0.6 is 46.6 Å². The van der Waals surface area contributed by atoms with Gasteiger partial charge in [0.1, 0.15) is 12.4 Å². The van der Waals surface area contributed by atoms with Gasteiger partial charge in [0.25, 0.3) is 11.1 Å². The molecule has 162 valence electrons. The van der Waals surface area contributed by atoms with Gasteiger partial charge in [0.05, 0.1) is 21.5 Å². The van der Waals surface area contributed by atoms with E-state index in [0.717, 1.165) is 17.3 Å². The van der Waals surface area contributed by atoms with Crippen molar-refractivity contribution in [3.63, 3.8) is 0 Å². The maximum atomic E-state index is 12.9. The van der Waals surface area contributed by atoms with Crippen molar-refractivity contribution < 1.29 is 14.3 Å². The number of para-hydroxylation sites is 1. The Labute approximate surface area is 204 Å². The average Bonchev–Trinajstić information content (AvgIpc) is 3.04. The van der Waals surface area contributed by atoms with Crippen LogP contribution in [0.5, 0.6) is 5.75 Å². The number of amides is 2. The SMILES string of the molecule is O=C1S/C(=C/c2ccccc2OCc2ccccc2Cl)C(=O)N1Cc1ccc(Cl)c(Cl)c1. The minimum atomic E-state index is -0.369. The second-order valence-corrected chi connectivity index (χ2v) is 9.15. The minimum absolute atomic E-state index is 0.115. The maximum absolute atomic E-state index is 12.9. The third-order valence-electron chi connectivity index (χ3n) is 4.74. The highest BCUT2D eigenvalue weighted by atomic mass is 35.5. The zero-order valence-electron chi connectivity index (χ0n) is 16.6. The third kappa shape index (κ3) is 5.13. The first-order chi connectivity index (χ1) is 15.4. The third-order valence-corrected chi connectivity index (χ3v) is 6.76. The standard InChI is InChI=1S/C24H16Cl3NO3S/c25-18-7-3-1-6-17(18)14-31-21-8-4-2-5-16(21)12-22-23(29)28(24(30)32-22)13-15-9-10-19(26)20(27)11-15/h1-12H,13-14H2/b22-12+. The Hall–Kier alpha value is -2.44. The molecule has 3 aromatic carbocycles. The molecule has 2 amide bonds. The molecule has 0 bridgehead atoms. The van der Waals surface area contributed by atoms with Gasteiger partial charge in [-0.15, -0.1) is 0 Å². The first kappa shape index (κ1) is 22.7. The van der Waals surface area contributed by atoms with Gasteiger partial charge in [0, 0.05) is 16.1 Å². The number of ether oxygens (including phenoxy) is 1. The summed E-state index contributed by atoms with van der Waals surface area (Å²) in [5, 5.41) is 1.06. The number of halogens is 3. The summed E-state index contributed by atoms with van der Waals surface area (Å²) < 4.78 is 5.95. The fraction of sp³-hybridized carbons (Fsp3) is 0.0833. The molecule has 3 aromatic rings. The number of carbonyl (C=O) groups excluding carboxylic acids is 2. The Bertz CT molecular complexity index is 1230. The van der Waals surface area contributed by atoms with Gasteiger partial charge in [-0.3, -0.25) is 14.5 Å². The van der Waals surface area contributed by atoms with E-state index in [1.807, 2.05) is 42.5 Å². The van der Waals surface area contributed by atoms with Crippen molar-refractivity contribution in [2.45, 2.75) is 13.2 Å². The van der Waals surface area contributed by atoms with Gasteiger partial charge < -0.3 is 4.74 Å². The van der Waals surface area contributed by atoms with E-state index in [-0.39, 0.29) is 24.3 Å². The molecule has 1 aliphatic rings. The predicted octanol–water partition coefficient (Wildman–Crippen LogP) is 7.46. The summed E-state index contributed by atoms with van der Waals surface area (Å²) in [5.41, 5.74) is 2.26. The Morgan fingerprint density at radius 3 is 2.41 bits per heavy atom. The molecule has 0 aromatic heterocycles. The Balaban J connectivity index is 1.52. The molecule has 1 aliphatic heterocycles. The van der Waals surface area contributed by atoms with Crippen LogP contribution in [0.1, 0.15) is 16.7 Å². The zero-order valence-corrected chi connectivity index (χ0v) is 19.6. The van der Waals surface area contributed by atoms with Crippen molar-refractivity contribution in [3.05, 3.63) is 103 Å². The highest BCUT2D eigenvalue weighted by Crippen LogP contribution is 2.35. The highest BCUT2D eigenvalue weighted by Gasteiger charge is 2.35. The van der Waals surface area contributed by atoms with Crippen LogP contribution in [0.4, 0.5) is 4.79 Å². The summed E-state index contributed by atoms with van der Waals surface area (Å²) in [6.45, 7) is 0.396. The summed E-state index contributed by atoms with van der Waals surface area (Å²) in [6, 6.07) is 19.8. The van der Waals surface area contributed by atoms with Gasteiger partial charge in [0.2, 0.25) is 0 Å². The fourth-order valence-corrected chi connectivity index (χ4v) is 4.44. The maximum Gasteiger partial charge on any atom is 0.293 e. The van der Waals surface area contributed by atoms with Crippen molar-refractivity contribution in [1.29, 1.82) is 0 Å². The number of carbonyl (C=O) groups is 2. The van der Waals surface area contributed by atoms with Crippen LogP contribution in [-0.4, -0.2) is 16.0 Å². The molecule has 0 spiro atoms. The smallest absolute Gasteiger partial charge is 0.293 e. The van der Waals surface area contributed by atoms with E-state index in [9.17, 15) is 9.59 Å². The number of benzene rings is 3. The van der Waals surface area contributed by atoms with Crippen LogP contribution in [0.2, 0.25) is 15.1 Å². The molecule has 0 unspecified atom stereocenters. The number of nitrogens with zero attached hydrogens (tertiary/aromatic N) is 1. The van der Waals surface area contributed by atoms with E-state index in [4.69, 9.17) is 39.5 Å². The molecule has 32 heavy (non-hydrogen) atoms. The van der Waals surface area contributed by atoms with Gasteiger partial charge in [0.15, 0.2) is 0 Å². The number of hydrogen-bond acceptors (Lipinski definition) is 4. The molecule has 0 N–H and O–H groups in total. The van der Waals surface area contributed by atoms with Gasteiger partial charge >= 0.3 is 0 Å². The molecule has 0 atom stereocenters. The van der Waals surface area contributed by atoms with E-state index >= 15 is 0 Å². The van der Waals surface area contributed by atoms with E-state index < -0.39 is 0 Å². The molecule has 1 saturated heterocycles. The average molecular weight is 505 g/mol. The quantitative estimate of drug-likeness (QED) is 0.327. The second-order valence-electron chi connectivity index (χ2n) is 6.93. The lowest BCUT2D eigenvalue weighted by molar-refractivity contribution is -0.123. The molecular weight excluding hydrogens is 489 g/mol. The fourth-order valence-electron chi connectivity index (χ4n) is 3.10. The van der Waals surface area contributed by atoms with E-state index in [0.29, 0.717) is 36.8 Å². The van der Waals surface area contributed by atoms with Crippen molar-refractivity contribution in [2.75, 3.05) is 0 Å². The molecular formula is C24H16Cl3NO3S. The van der Waals surface area contributed by atoms with E-state index in [1.165, 1.54) is 4.90 Å². The Kier molecular flexibility index (Phi) is 7.11. The van der Waals surface area contributed by atoms with Gasteiger partial charge in [-0.2, -0.15) is 0 Å². The highest BCUT2D eigenvalue weighted by molar-refractivity contribution is 8.18. The number of hydrogen-bond donors (Lipinski definition) is 0. The minimum Gasteiger partial charge on any atom is -0.488 e. The Morgan fingerprint density at radius 2 is 1.62 bits per heavy atom. The van der Waals surface area contributed by atoms with Gasteiger partial charge in [-0.05, 0) is 47.7 Å². The predicted molar refractivity (Wildman–Crippen MR) is 130 cm³/mol. The largest absolute Gasteiger partial charge is 0.488 e. The monoisotopic (exact) mass is 503 g/mol. The molecule has 1 heterocycles. The first-order valence-electron chi connectivity index (χ1n) is 9.57. The molecule has 1 fully saturated rings. The van der Waals surface area contributed by atoms with Crippen LogP contribution in [0.15, 0.2) is 71.6 Å². The van der Waals surface area contributed by atoms with Crippen LogP contribution in [0, 0.1) is 0 Å². The van der Waals surface area contributed by atoms with Crippen LogP contribution in [0.25, 0.3) is 6.08 Å². The van der Waals surface area contributed by atoms with Crippen LogP contribution < -0.4 is 4.74 Å². The van der Waals surface area contributed by atoms with Crippen molar-refractivity contribution in [3.8, 4) is 5.75 Å². The molecule has 4 rings (SSSR count). The van der Waals surface area contributed by atoms with Crippen LogP contribution in [-0.2, 0) is 17.9 Å². The van der Waals surface area contributed by atoms with Crippen LogP contribution in [0.3, 0.4) is 0 Å². The van der Waals surface area contributed by atoms with Crippen molar-refractivity contribution in [1.82, 2.24) is 4.90 Å². The van der Waals surface area contributed by atoms with Gasteiger partial charge in [-0.25, -0.2) is 0 Å². The lowest BCUT2D eigenvalue weighted by Gasteiger charge is -2.13. The summed E-state index contributed by atoms with van der Waals surface area (Å²) in [5.74, 6) is 0.218. The molecule has 0 aliphatic carbocycles. The number of thioether (sulfide) groups is 1. The van der Waals surface area contributed by atoms with E-state index in [2.05, 4.69) is 0 Å². The topological polar surface area (TPSA) is 46.6 Å². The summed E-state index contributed by atoms with van der Waals surface area (Å²) in [4.78, 5) is 26.9. The van der Waals surface area contributed by atoms with Crippen molar-refractivity contribution >= 4 is 63.8 Å². The van der Waals surface area contributed by atoms with E-state index in [1.54, 1.807) is 30.3 Å². The first-order valence-corrected chi connectivity index (χ1v) is 11.5. The molecule has 0 radical (unpaired) electrons. The summed E-state index contributed by atoms with van der Waals surface area (Å²) in [7, 11) is 0. The van der Waals surface area contributed by atoms with Crippen molar-refractivity contribution in [2.24, 2.45) is 0 Å². The lowest BCUT2D eigenvalue weighted by Crippen LogP contribution is -2.27. The summed E-state index contributed by atoms with van der Waals surface area (Å²) >= 11 is 19.1.